The summed E-state index contributed by atoms with van der Waals surface area (Å²) in [6.07, 6.45) is 1.75. The number of aliphatic carboxylic acids is 1. The van der Waals surface area contributed by atoms with E-state index in [0.29, 0.717) is 29.2 Å². The average molecular weight is 449 g/mol. The zero-order valence-electron chi connectivity index (χ0n) is 15.1. The quantitative estimate of drug-likeness (QED) is 0.557. The number of benzene rings is 2. The molecule has 3 aromatic rings. The number of rotatable bonds is 8. The smallest absolute Gasteiger partial charge is 0.341 e. The van der Waals surface area contributed by atoms with Gasteiger partial charge in [-0.2, -0.15) is 4.98 Å². The summed E-state index contributed by atoms with van der Waals surface area (Å²) in [5.74, 6) is 0.720. The molecule has 28 heavy (non-hydrogen) atoms. The predicted octanol–water partition coefficient (Wildman–Crippen LogP) is 3.57. The van der Waals surface area contributed by atoms with Crippen LogP contribution in [0.1, 0.15) is 11.1 Å². The average Bonchev–Trinajstić information content (AvgIpc) is 3.22. The molecule has 0 unspecified atom stereocenters. The Morgan fingerprint density at radius 1 is 1.14 bits per heavy atom. The lowest BCUT2D eigenvalue weighted by Crippen LogP contribution is -2.10. The summed E-state index contributed by atoms with van der Waals surface area (Å²) in [6, 6.07) is 9.04. The fraction of sp³-hybridized carbons (Fsp3) is 0.211. The van der Waals surface area contributed by atoms with E-state index in [1.54, 1.807) is 26.4 Å². The molecule has 0 saturated carbocycles. The third-order valence-electron chi connectivity index (χ3n) is 3.97. The van der Waals surface area contributed by atoms with E-state index in [1.807, 2.05) is 18.2 Å². The van der Waals surface area contributed by atoms with Crippen molar-refractivity contribution >= 4 is 21.9 Å². The SMILES string of the molecule is COc1ccc(Cc2c(Br)ccc(OCC(=O)O)c2-c2ncno2)cc1OC. The van der Waals surface area contributed by atoms with Crippen LogP contribution in [0.5, 0.6) is 17.2 Å². The molecular formula is C19H17BrN2O6. The number of methoxy groups -OCH3 is 2. The monoisotopic (exact) mass is 448 g/mol. The van der Waals surface area contributed by atoms with E-state index in [9.17, 15) is 4.79 Å². The van der Waals surface area contributed by atoms with E-state index in [2.05, 4.69) is 26.1 Å². The molecule has 1 heterocycles. The minimum absolute atomic E-state index is 0.233. The minimum atomic E-state index is -1.08. The Hall–Kier alpha value is -3.07. The Morgan fingerprint density at radius 2 is 1.89 bits per heavy atom. The first kappa shape index (κ1) is 19.7. The number of halogens is 1. The van der Waals surface area contributed by atoms with Crippen molar-refractivity contribution in [3.05, 3.63) is 52.3 Å². The molecule has 0 aliphatic rings. The number of aromatic nitrogens is 2. The van der Waals surface area contributed by atoms with Gasteiger partial charge in [-0.3, -0.25) is 0 Å². The van der Waals surface area contributed by atoms with Crippen molar-refractivity contribution in [3.8, 4) is 28.7 Å². The molecule has 0 saturated heterocycles. The van der Waals surface area contributed by atoms with Gasteiger partial charge in [0.2, 0.25) is 0 Å². The highest BCUT2D eigenvalue weighted by atomic mass is 79.9. The maximum atomic E-state index is 10.9. The second-order valence-corrected chi connectivity index (χ2v) is 6.55. The molecule has 3 rings (SSSR count). The fourth-order valence-electron chi connectivity index (χ4n) is 2.75. The Morgan fingerprint density at radius 3 is 2.54 bits per heavy atom. The molecule has 0 amide bonds. The molecular weight excluding hydrogens is 432 g/mol. The normalized spacial score (nSPS) is 10.5. The van der Waals surface area contributed by atoms with E-state index in [-0.39, 0.29) is 5.89 Å². The first-order valence-electron chi connectivity index (χ1n) is 8.17. The molecule has 2 aromatic carbocycles. The largest absolute Gasteiger partial charge is 0.493 e. The molecule has 9 heteroatoms. The number of hydrogen-bond donors (Lipinski definition) is 1. The van der Waals surface area contributed by atoms with Gasteiger partial charge in [0.05, 0.1) is 19.8 Å². The second-order valence-electron chi connectivity index (χ2n) is 5.69. The molecule has 0 bridgehead atoms. The molecule has 0 aliphatic heterocycles. The lowest BCUT2D eigenvalue weighted by Gasteiger charge is -2.15. The van der Waals surface area contributed by atoms with Crippen LogP contribution in [0.3, 0.4) is 0 Å². The van der Waals surface area contributed by atoms with E-state index in [1.165, 1.54) is 6.33 Å². The molecule has 0 aliphatic carbocycles. The molecule has 0 radical (unpaired) electrons. The number of hydrogen-bond acceptors (Lipinski definition) is 7. The number of nitrogens with zero attached hydrogens (tertiary/aromatic N) is 2. The van der Waals surface area contributed by atoms with Crippen LogP contribution >= 0.6 is 15.9 Å². The third kappa shape index (κ3) is 4.25. The Kier molecular flexibility index (Phi) is 6.15. The molecule has 1 N–H and O–H groups in total. The summed E-state index contributed by atoms with van der Waals surface area (Å²) in [5, 5.41) is 12.6. The van der Waals surface area contributed by atoms with Gasteiger partial charge in [0, 0.05) is 4.47 Å². The van der Waals surface area contributed by atoms with Gasteiger partial charge in [-0.05, 0) is 41.8 Å². The van der Waals surface area contributed by atoms with Crippen molar-refractivity contribution < 1.29 is 28.6 Å². The van der Waals surface area contributed by atoms with Crippen molar-refractivity contribution in [2.75, 3.05) is 20.8 Å². The molecule has 0 atom stereocenters. The van der Waals surface area contributed by atoms with E-state index in [4.69, 9.17) is 23.8 Å². The fourth-order valence-corrected chi connectivity index (χ4v) is 3.22. The van der Waals surface area contributed by atoms with Crippen molar-refractivity contribution in [3.63, 3.8) is 0 Å². The summed E-state index contributed by atoms with van der Waals surface area (Å²) in [5.41, 5.74) is 2.27. The molecule has 0 spiro atoms. The van der Waals surface area contributed by atoms with Crippen LogP contribution in [0, 0.1) is 0 Å². The number of carboxylic acid groups (broad SMARTS) is 1. The topological polar surface area (TPSA) is 104 Å². The number of ether oxygens (including phenoxy) is 3. The first-order valence-corrected chi connectivity index (χ1v) is 8.96. The number of carbonyl (C=O) groups is 1. The highest BCUT2D eigenvalue weighted by molar-refractivity contribution is 9.10. The standard InChI is InChI=1S/C19H17BrN2O6/c1-25-14-5-3-11(8-16(14)26-2)7-12-13(20)4-6-15(27-9-17(23)24)18(12)19-21-10-22-28-19/h3-6,8,10H,7,9H2,1-2H3,(H,23,24). The Labute approximate surface area is 169 Å². The van der Waals surface area contributed by atoms with Crippen molar-refractivity contribution in [2.24, 2.45) is 0 Å². The van der Waals surface area contributed by atoms with Gasteiger partial charge in [0.15, 0.2) is 24.4 Å². The first-order chi connectivity index (χ1) is 13.5. The van der Waals surface area contributed by atoms with Gasteiger partial charge in [0.25, 0.3) is 5.89 Å². The van der Waals surface area contributed by atoms with Gasteiger partial charge < -0.3 is 23.8 Å². The maximum Gasteiger partial charge on any atom is 0.341 e. The zero-order chi connectivity index (χ0) is 20.1. The second kappa shape index (κ2) is 8.75. The highest BCUT2D eigenvalue weighted by Crippen LogP contribution is 2.39. The summed E-state index contributed by atoms with van der Waals surface area (Å²) in [4.78, 5) is 15.0. The van der Waals surface area contributed by atoms with Crippen LogP contribution in [0.15, 0.2) is 45.7 Å². The summed E-state index contributed by atoms with van der Waals surface area (Å²) < 4.78 is 22.1. The van der Waals surface area contributed by atoms with Crippen molar-refractivity contribution in [1.29, 1.82) is 0 Å². The van der Waals surface area contributed by atoms with Gasteiger partial charge in [-0.1, -0.05) is 27.2 Å². The molecule has 146 valence electrons. The zero-order valence-corrected chi connectivity index (χ0v) is 16.7. The Bertz CT molecular complexity index is 975. The summed E-state index contributed by atoms with van der Waals surface area (Å²) >= 11 is 3.55. The van der Waals surface area contributed by atoms with Gasteiger partial charge in [0.1, 0.15) is 5.75 Å². The lowest BCUT2D eigenvalue weighted by molar-refractivity contribution is -0.139. The van der Waals surface area contributed by atoms with E-state index < -0.39 is 12.6 Å². The molecule has 8 nitrogen and oxygen atoms in total. The van der Waals surface area contributed by atoms with Crippen LogP contribution in [0.4, 0.5) is 0 Å². The van der Waals surface area contributed by atoms with Crippen LogP contribution in [0.2, 0.25) is 0 Å². The lowest BCUT2D eigenvalue weighted by atomic mass is 9.98. The third-order valence-corrected chi connectivity index (χ3v) is 4.72. The summed E-state index contributed by atoms with van der Waals surface area (Å²) in [6.45, 7) is -0.488. The van der Waals surface area contributed by atoms with E-state index >= 15 is 0 Å². The van der Waals surface area contributed by atoms with Crippen LogP contribution < -0.4 is 14.2 Å². The predicted molar refractivity (Wildman–Crippen MR) is 103 cm³/mol. The minimum Gasteiger partial charge on any atom is -0.493 e. The van der Waals surface area contributed by atoms with E-state index in [0.717, 1.165) is 15.6 Å². The summed E-state index contributed by atoms with van der Waals surface area (Å²) in [7, 11) is 3.15. The molecule has 0 fully saturated rings. The number of carboxylic acids is 1. The van der Waals surface area contributed by atoms with Crippen molar-refractivity contribution in [2.45, 2.75) is 6.42 Å². The van der Waals surface area contributed by atoms with Crippen molar-refractivity contribution in [1.82, 2.24) is 10.1 Å². The van der Waals surface area contributed by atoms with Gasteiger partial charge in [-0.25, -0.2) is 4.79 Å². The van der Waals surface area contributed by atoms with Crippen LogP contribution in [-0.4, -0.2) is 42.0 Å². The van der Waals surface area contributed by atoms with Gasteiger partial charge in [-0.15, -0.1) is 0 Å². The maximum absolute atomic E-state index is 10.9. The molecule has 1 aromatic heterocycles. The van der Waals surface area contributed by atoms with Crippen LogP contribution in [-0.2, 0) is 11.2 Å². The highest BCUT2D eigenvalue weighted by Gasteiger charge is 2.21. The van der Waals surface area contributed by atoms with Crippen LogP contribution in [0.25, 0.3) is 11.5 Å². The van der Waals surface area contributed by atoms with Gasteiger partial charge >= 0.3 is 5.97 Å². The Balaban J connectivity index is 2.07.